The standard InChI is InChI=1S/C20H26O4/c1-11-8-14(22)9-12(10-21)4-5-13-6-7-15-17(20(13,2)3)19(24)16(11)18(15)23/h4,8,10,13-14,16,18,22-23H,5-7,9H2,1-3H3. The highest BCUT2D eigenvalue weighted by Gasteiger charge is 2.51. The van der Waals surface area contributed by atoms with Crippen molar-refractivity contribution in [3.8, 4) is 0 Å². The molecule has 0 fully saturated rings. The summed E-state index contributed by atoms with van der Waals surface area (Å²) in [4.78, 5) is 24.4. The molecule has 4 unspecified atom stereocenters. The fraction of sp³-hybridized carbons (Fsp3) is 0.600. The summed E-state index contributed by atoms with van der Waals surface area (Å²) in [5.74, 6) is -0.332. The zero-order valence-electron chi connectivity index (χ0n) is 14.6. The van der Waals surface area contributed by atoms with Crippen LogP contribution in [0.15, 0.2) is 34.4 Å². The van der Waals surface area contributed by atoms with Crippen molar-refractivity contribution in [2.75, 3.05) is 0 Å². The van der Waals surface area contributed by atoms with Gasteiger partial charge in [0, 0.05) is 12.0 Å². The quantitative estimate of drug-likeness (QED) is 0.572. The average Bonchev–Trinajstić information content (AvgIpc) is 2.76. The Morgan fingerprint density at radius 3 is 2.67 bits per heavy atom. The summed E-state index contributed by atoms with van der Waals surface area (Å²) in [6, 6.07) is 0. The molecule has 0 aliphatic heterocycles. The van der Waals surface area contributed by atoms with Crippen LogP contribution >= 0.6 is 0 Å². The maximum Gasteiger partial charge on any atom is 0.169 e. The summed E-state index contributed by atoms with van der Waals surface area (Å²) in [7, 11) is 0. The summed E-state index contributed by atoms with van der Waals surface area (Å²) < 4.78 is 0. The Morgan fingerprint density at radius 1 is 1.29 bits per heavy atom. The van der Waals surface area contributed by atoms with E-state index in [1.807, 2.05) is 6.08 Å². The molecule has 0 amide bonds. The third kappa shape index (κ3) is 2.62. The molecule has 4 atom stereocenters. The SMILES string of the molecule is CC1=CC(O)CC(C=O)=CCC2CCC3=C(C(=O)C1C3O)C2(C)C. The molecule has 0 saturated carbocycles. The van der Waals surface area contributed by atoms with E-state index < -0.39 is 18.1 Å². The number of fused-ring (bicyclic) bond motifs is 2. The van der Waals surface area contributed by atoms with Gasteiger partial charge < -0.3 is 10.2 Å². The Balaban J connectivity index is 2.13. The first-order valence-corrected chi connectivity index (χ1v) is 8.73. The molecule has 0 saturated heterocycles. The molecule has 0 spiro atoms. The number of carbonyl (C=O) groups excluding carboxylic acids is 2. The van der Waals surface area contributed by atoms with Gasteiger partial charge in [0.1, 0.15) is 6.29 Å². The molecule has 3 aliphatic carbocycles. The van der Waals surface area contributed by atoms with Crippen LogP contribution in [0.1, 0.15) is 46.5 Å². The van der Waals surface area contributed by atoms with E-state index in [-0.39, 0.29) is 23.5 Å². The first-order valence-electron chi connectivity index (χ1n) is 8.73. The Morgan fingerprint density at radius 2 is 2.00 bits per heavy atom. The van der Waals surface area contributed by atoms with Gasteiger partial charge in [-0.05, 0) is 48.7 Å². The van der Waals surface area contributed by atoms with Gasteiger partial charge in [-0.25, -0.2) is 0 Å². The summed E-state index contributed by atoms with van der Waals surface area (Å²) >= 11 is 0. The molecule has 3 aliphatic rings. The van der Waals surface area contributed by atoms with E-state index in [1.165, 1.54) is 0 Å². The van der Waals surface area contributed by atoms with Crippen LogP contribution in [0.5, 0.6) is 0 Å². The summed E-state index contributed by atoms with van der Waals surface area (Å²) in [5.41, 5.74) is 2.63. The maximum absolute atomic E-state index is 13.1. The number of hydrogen-bond acceptors (Lipinski definition) is 4. The molecular weight excluding hydrogens is 304 g/mol. The Labute approximate surface area is 142 Å². The van der Waals surface area contributed by atoms with Crippen molar-refractivity contribution in [2.24, 2.45) is 17.3 Å². The van der Waals surface area contributed by atoms with Gasteiger partial charge in [-0.2, -0.15) is 0 Å². The maximum atomic E-state index is 13.1. The Kier molecular flexibility index (Phi) is 4.39. The second-order valence-corrected chi connectivity index (χ2v) is 7.96. The minimum Gasteiger partial charge on any atom is -0.389 e. The number of aliphatic hydroxyl groups is 2. The lowest BCUT2D eigenvalue weighted by Crippen LogP contribution is -2.33. The molecule has 24 heavy (non-hydrogen) atoms. The van der Waals surface area contributed by atoms with Crippen molar-refractivity contribution >= 4 is 12.1 Å². The number of carbonyl (C=O) groups is 2. The number of hydrogen-bond donors (Lipinski definition) is 2. The lowest BCUT2D eigenvalue weighted by molar-refractivity contribution is -0.120. The topological polar surface area (TPSA) is 74.6 Å². The average molecular weight is 330 g/mol. The number of Topliss-reactive ketones (excluding diaryl/α,β-unsaturated/α-hetero) is 1. The van der Waals surface area contributed by atoms with E-state index in [1.54, 1.807) is 13.0 Å². The van der Waals surface area contributed by atoms with E-state index in [0.29, 0.717) is 17.6 Å². The zero-order valence-corrected chi connectivity index (χ0v) is 14.6. The lowest BCUT2D eigenvalue weighted by Gasteiger charge is -2.39. The molecule has 130 valence electrons. The lowest BCUT2D eigenvalue weighted by atomic mass is 9.64. The van der Waals surface area contributed by atoms with Crippen LogP contribution in [0, 0.1) is 17.3 Å². The summed E-state index contributed by atoms with van der Waals surface area (Å²) in [5, 5.41) is 21.0. The Hall–Kier alpha value is -1.52. The van der Waals surface area contributed by atoms with Crippen LogP contribution < -0.4 is 0 Å². The van der Waals surface area contributed by atoms with Gasteiger partial charge in [0.2, 0.25) is 0 Å². The van der Waals surface area contributed by atoms with Gasteiger partial charge in [0.05, 0.1) is 18.1 Å². The van der Waals surface area contributed by atoms with Crippen LogP contribution in [-0.2, 0) is 9.59 Å². The van der Waals surface area contributed by atoms with Gasteiger partial charge >= 0.3 is 0 Å². The molecule has 0 radical (unpaired) electrons. The first-order chi connectivity index (χ1) is 11.3. The summed E-state index contributed by atoms with van der Waals surface area (Å²) in [6.45, 7) is 5.94. The highest BCUT2D eigenvalue weighted by Crippen LogP contribution is 2.53. The number of ketones is 1. The van der Waals surface area contributed by atoms with E-state index in [2.05, 4.69) is 13.8 Å². The molecular formula is C20H26O4. The molecule has 4 nitrogen and oxygen atoms in total. The van der Waals surface area contributed by atoms with E-state index >= 15 is 0 Å². The Bertz CT molecular complexity index is 665. The molecule has 0 aromatic carbocycles. The molecule has 0 aromatic rings. The van der Waals surface area contributed by atoms with Crippen LogP contribution in [0.4, 0.5) is 0 Å². The third-order valence-electron chi connectivity index (χ3n) is 6.16. The smallest absolute Gasteiger partial charge is 0.169 e. The van der Waals surface area contributed by atoms with Crippen LogP contribution in [0.3, 0.4) is 0 Å². The number of aliphatic hydroxyl groups excluding tert-OH is 2. The summed E-state index contributed by atoms with van der Waals surface area (Å²) in [6.07, 6.45) is 5.33. The molecule has 2 N–H and O–H groups in total. The molecule has 4 heteroatoms. The molecule has 3 rings (SSSR count). The largest absolute Gasteiger partial charge is 0.389 e. The molecule has 0 aromatic heterocycles. The van der Waals surface area contributed by atoms with Crippen molar-refractivity contribution in [1.82, 2.24) is 0 Å². The van der Waals surface area contributed by atoms with Crippen molar-refractivity contribution in [2.45, 2.75) is 58.7 Å². The fourth-order valence-electron chi connectivity index (χ4n) is 4.75. The van der Waals surface area contributed by atoms with Crippen molar-refractivity contribution in [1.29, 1.82) is 0 Å². The number of aldehydes is 1. The molecule has 3 bridgehead atoms. The van der Waals surface area contributed by atoms with E-state index in [4.69, 9.17) is 0 Å². The van der Waals surface area contributed by atoms with Crippen molar-refractivity contribution in [3.63, 3.8) is 0 Å². The zero-order chi connectivity index (χ0) is 17.6. The van der Waals surface area contributed by atoms with Crippen molar-refractivity contribution in [3.05, 3.63) is 34.4 Å². The highest BCUT2D eigenvalue weighted by atomic mass is 16.3. The number of rotatable bonds is 1. The minimum absolute atomic E-state index is 0.00770. The van der Waals surface area contributed by atoms with Gasteiger partial charge in [-0.1, -0.05) is 31.6 Å². The monoisotopic (exact) mass is 330 g/mol. The van der Waals surface area contributed by atoms with Gasteiger partial charge in [-0.3, -0.25) is 9.59 Å². The van der Waals surface area contributed by atoms with Crippen LogP contribution in [0.2, 0.25) is 0 Å². The van der Waals surface area contributed by atoms with E-state index in [0.717, 1.165) is 30.3 Å². The fourth-order valence-corrected chi connectivity index (χ4v) is 4.75. The predicted octanol–water partition coefficient (Wildman–Crippen LogP) is 2.51. The van der Waals surface area contributed by atoms with Crippen LogP contribution in [-0.4, -0.2) is 34.5 Å². The normalized spacial score (nSPS) is 36.0. The third-order valence-corrected chi connectivity index (χ3v) is 6.16. The van der Waals surface area contributed by atoms with Gasteiger partial charge in [0.15, 0.2) is 5.78 Å². The van der Waals surface area contributed by atoms with Crippen LogP contribution in [0.25, 0.3) is 0 Å². The number of allylic oxidation sites excluding steroid dienone is 2. The minimum atomic E-state index is -0.819. The van der Waals surface area contributed by atoms with Gasteiger partial charge in [-0.15, -0.1) is 0 Å². The van der Waals surface area contributed by atoms with Crippen molar-refractivity contribution < 1.29 is 19.8 Å². The first kappa shape index (κ1) is 17.3. The molecule has 0 heterocycles. The predicted molar refractivity (Wildman–Crippen MR) is 91.2 cm³/mol. The second kappa shape index (κ2) is 6.08. The van der Waals surface area contributed by atoms with Gasteiger partial charge in [0.25, 0.3) is 0 Å². The highest BCUT2D eigenvalue weighted by molar-refractivity contribution is 6.04. The van der Waals surface area contributed by atoms with E-state index in [9.17, 15) is 19.8 Å². The second-order valence-electron chi connectivity index (χ2n) is 7.96.